The molecule has 2 heteroatoms. The molecule has 2 rings (SSSR count). The molecule has 1 saturated carbocycles. The monoisotopic (exact) mass is 265 g/mol. The predicted octanol–water partition coefficient (Wildman–Crippen LogP) is 4.04. The van der Waals surface area contributed by atoms with Gasteiger partial charge in [-0.25, -0.2) is 0 Å². The minimum absolute atomic E-state index is 0.392. The highest BCUT2D eigenvalue weighted by Crippen LogP contribution is 2.26. The molecule has 1 heterocycles. The van der Waals surface area contributed by atoms with Crippen LogP contribution in [0.1, 0.15) is 71.1 Å². The zero-order valence-corrected chi connectivity index (χ0v) is 12.7. The molecule has 0 amide bonds. The first kappa shape index (κ1) is 15.0. The standard InChI is InChI=1S/C17H31NO/c1-2-7-15-8-6-12-18(13-11-15)14-17(19)16-9-4-3-5-10-16/h15-16H,2-14H2,1H3. The fourth-order valence-corrected chi connectivity index (χ4v) is 3.85. The lowest BCUT2D eigenvalue weighted by atomic mass is 9.86. The minimum atomic E-state index is 0.392. The molecule has 0 bridgehead atoms. The number of carbonyl (C=O) groups is 1. The van der Waals surface area contributed by atoms with Gasteiger partial charge in [-0.2, -0.15) is 0 Å². The van der Waals surface area contributed by atoms with Crippen LogP contribution in [-0.2, 0) is 4.79 Å². The Morgan fingerprint density at radius 3 is 2.53 bits per heavy atom. The molecule has 0 radical (unpaired) electrons. The lowest BCUT2D eigenvalue weighted by Gasteiger charge is -2.25. The average molecular weight is 265 g/mol. The van der Waals surface area contributed by atoms with Crippen LogP contribution in [-0.4, -0.2) is 30.3 Å². The number of rotatable bonds is 5. The number of carbonyl (C=O) groups excluding carboxylic acids is 1. The van der Waals surface area contributed by atoms with E-state index in [2.05, 4.69) is 11.8 Å². The first-order valence-corrected chi connectivity index (χ1v) is 8.54. The molecule has 0 aromatic heterocycles. The quantitative estimate of drug-likeness (QED) is 0.748. The van der Waals surface area contributed by atoms with Crippen LogP contribution in [0.3, 0.4) is 0 Å². The summed E-state index contributed by atoms with van der Waals surface area (Å²) in [6, 6.07) is 0. The number of Topliss-reactive ketones (excluding diaryl/α,β-unsaturated/α-hetero) is 1. The molecule has 1 aliphatic heterocycles. The van der Waals surface area contributed by atoms with E-state index >= 15 is 0 Å². The van der Waals surface area contributed by atoms with E-state index < -0.39 is 0 Å². The maximum atomic E-state index is 12.3. The highest BCUT2D eigenvalue weighted by Gasteiger charge is 2.24. The SMILES string of the molecule is CCCC1CCCN(CC(=O)C2CCCCC2)CC1. The fourth-order valence-electron chi connectivity index (χ4n) is 3.85. The summed E-state index contributed by atoms with van der Waals surface area (Å²) < 4.78 is 0. The van der Waals surface area contributed by atoms with Gasteiger partial charge >= 0.3 is 0 Å². The topological polar surface area (TPSA) is 20.3 Å². The zero-order chi connectivity index (χ0) is 13.5. The van der Waals surface area contributed by atoms with Crippen molar-refractivity contribution in [2.24, 2.45) is 11.8 Å². The van der Waals surface area contributed by atoms with E-state index in [9.17, 15) is 4.79 Å². The van der Waals surface area contributed by atoms with Crippen LogP contribution in [0.2, 0.25) is 0 Å². The minimum Gasteiger partial charge on any atom is -0.298 e. The maximum absolute atomic E-state index is 12.3. The number of nitrogens with zero attached hydrogens (tertiary/aromatic N) is 1. The second-order valence-corrected chi connectivity index (χ2v) is 6.66. The summed E-state index contributed by atoms with van der Waals surface area (Å²) in [5.41, 5.74) is 0. The summed E-state index contributed by atoms with van der Waals surface area (Å²) in [7, 11) is 0. The van der Waals surface area contributed by atoms with E-state index in [4.69, 9.17) is 0 Å². The fraction of sp³-hybridized carbons (Fsp3) is 0.941. The summed E-state index contributed by atoms with van der Waals surface area (Å²) in [6.45, 7) is 5.33. The van der Waals surface area contributed by atoms with Crippen LogP contribution < -0.4 is 0 Å². The van der Waals surface area contributed by atoms with Gasteiger partial charge in [0.2, 0.25) is 0 Å². The van der Waals surface area contributed by atoms with Crippen molar-refractivity contribution in [3.8, 4) is 0 Å². The largest absolute Gasteiger partial charge is 0.298 e. The Labute approximate surface area is 118 Å². The predicted molar refractivity (Wildman–Crippen MR) is 80.3 cm³/mol. The van der Waals surface area contributed by atoms with E-state index in [0.29, 0.717) is 11.7 Å². The molecule has 0 aromatic carbocycles. The van der Waals surface area contributed by atoms with Crippen molar-refractivity contribution in [3.63, 3.8) is 0 Å². The normalized spacial score (nSPS) is 27.1. The Bertz CT molecular complexity index is 270. The van der Waals surface area contributed by atoms with Crippen LogP contribution in [0.4, 0.5) is 0 Å². The molecule has 19 heavy (non-hydrogen) atoms. The molecular weight excluding hydrogens is 234 g/mol. The Hall–Kier alpha value is -0.370. The first-order chi connectivity index (χ1) is 9.29. The van der Waals surface area contributed by atoms with E-state index in [-0.39, 0.29) is 0 Å². The van der Waals surface area contributed by atoms with E-state index in [0.717, 1.165) is 38.4 Å². The van der Waals surface area contributed by atoms with Gasteiger partial charge in [0.15, 0.2) is 0 Å². The molecule has 1 atom stereocenters. The smallest absolute Gasteiger partial charge is 0.149 e. The van der Waals surface area contributed by atoms with E-state index in [1.807, 2.05) is 0 Å². The van der Waals surface area contributed by atoms with Crippen molar-refractivity contribution in [1.82, 2.24) is 4.90 Å². The van der Waals surface area contributed by atoms with Crippen molar-refractivity contribution in [2.45, 2.75) is 71.1 Å². The van der Waals surface area contributed by atoms with Gasteiger partial charge in [-0.3, -0.25) is 9.69 Å². The lowest BCUT2D eigenvalue weighted by molar-refractivity contribution is -0.124. The molecule has 1 unspecified atom stereocenters. The Morgan fingerprint density at radius 1 is 1.00 bits per heavy atom. The third-order valence-corrected chi connectivity index (χ3v) is 5.08. The molecule has 1 saturated heterocycles. The molecule has 0 spiro atoms. The van der Waals surface area contributed by atoms with Gasteiger partial charge in [0, 0.05) is 5.92 Å². The lowest BCUT2D eigenvalue weighted by Crippen LogP contribution is -2.34. The Morgan fingerprint density at radius 2 is 1.79 bits per heavy atom. The number of likely N-dealkylation sites (tertiary alicyclic amines) is 1. The second-order valence-electron chi connectivity index (χ2n) is 6.66. The average Bonchev–Trinajstić information content (AvgIpc) is 2.66. The molecule has 2 aliphatic rings. The van der Waals surface area contributed by atoms with Crippen molar-refractivity contribution in [2.75, 3.05) is 19.6 Å². The summed E-state index contributed by atoms with van der Waals surface area (Å²) in [5, 5.41) is 0. The van der Waals surface area contributed by atoms with E-state index in [1.165, 1.54) is 51.4 Å². The van der Waals surface area contributed by atoms with Crippen LogP contribution >= 0.6 is 0 Å². The van der Waals surface area contributed by atoms with E-state index in [1.54, 1.807) is 0 Å². The third-order valence-electron chi connectivity index (χ3n) is 5.08. The van der Waals surface area contributed by atoms with Gasteiger partial charge in [-0.05, 0) is 51.1 Å². The highest BCUT2D eigenvalue weighted by molar-refractivity contribution is 5.83. The van der Waals surface area contributed by atoms with Crippen LogP contribution in [0, 0.1) is 11.8 Å². The molecule has 0 aromatic rings. The molecule has 2 nitrogen and oxygen atoms in total. The summed E-state index contributed by atoms with van der Waals surface area (Å²) >= 11 is 0. The van der Waals surface area contributed by atoms with Gasteiger partial charge in [-0.15, -0.1) is 0 Å². The van der Waals surface area contributed by atoms with Gasteiger partial charge < -0.3 is 0 Å². The van der Waals surface area contributed by atoms with Crippen LogP contribution in [0.5, 0.6) is 0 Å². The summed E-state index contributed by atoms with van der Waals surface area (Å²) in [6.07, 6.45) is 12.9. The van der Waals surface area contributed by atoms with Crippen LogP contribution in [0.15, 0.2) is 0 Å². The third kappa shape index (κ3) is 4.91. The summed E-state index contributed by atoms with van der Waals surface area (Å²) in [5.74, 6) is 1.84. The zero-order valence-electron chi connectivity index (χ0n) is 12.7. The Balaban J connectivity index is 1.74. The molecule has 0 N–H and O–H groups in total. The molecular formula is C17H31NO. The van der Waals surface area contributed by atoms with Gasteiger partial charge in [0.1, 0.15) is 5.78 Å². The number of hydrogen-bond donors (Lipinski definition) is 0. The highest BCUT2D eigenvalue weighted by atomic mass is 16.1. The summed E-state index contributed by atoms with van der Waals surface area (Å²) in [4.78, 5) is 14.8. The maximum Gasteiger partial charge on any atom is 0.149 e. The molecule has 110 valence electrons. The first-order valence-electron chi connectivity index (χ1n) is 8.54. The second kappa shape index (κ2) is 8.04. The van der Waals surface area contributed by atoms with Crippen LogP contribution in [0.25, 0.3) is 0 Å². The molecule has 1 aliphatic carbocycles. The number of hydrogen-bond acceptors (Lipinski definition) is 2. The van der Waals surface area contributed by atoms with Crippen molar-refractivity contribution >= 4 is 5.78 Å². The van der Waals surface area contributed by atoms with Gasteiger partial charge in [-0.1, -0.05) is 39.0 Å². The van der Waals surface area contributed by atoms with Gasteiger partial charge in [0.25, 0.3) is 0 Å². The van der Waals surface area contributed by atoms with Crippen molar-refractivity contribution in [1.29, 1.82) is 0 Å². The molecule has 2 fully saturated rings. The number of ketones is 1. The Kier molecular flexibility index (Phi) is 6.36. The van der Waals surface area contributed by atoms with Crippen molar-refractivity contribution < 1.29 is 4.79 Å². The van der Waals surface area contributed by atoms with Gasteiger partial charge in [0.05, 0.1) is 6.54 Å². The van der Waals surface area contributed by atoms with Crippen molar-refractivity contribution in [3.05, 3.63) is 0 Å².